The summed E-state index contributed by atoms with van der Waals surface area (Å²) in [5.74, 6) is 0. The second kappa shape index (κ2) is 6.75. The highest BCUT2D eigenvalue weighted by Gasteiger charge is 2.22. The van der Waals surface area contributed by atoms with E-state index in [-0.39, 0.29) is 0 Å². The highest BCUT2D eigenvalue weighted by Crippen LogP contribution is 2.19. The summed E-state index contributed by atoms with van der Waals surface area (Å²) in [7, 11) is 0. The van der Waals surface area contributed by atoms with Crippen molar-refractivity contribution in [3.8, 4) is 0 Å². The van der Waals surface area contributed by atoms with Gasteiger partial charge >= 0.3 is 0 Å². The fraction of sp³-hybridized carbons (Fsp3) is 1.00. The van der Waals surface area contributed by atoms with Gasteiger partial charge in [-0.05, 0) is 72.1 Å². The Hall–Kier alpha value is -0.0800. The van der Waals surface area contributed by atoms with Gasteiger partial charge < -0.3 is 9.80 Å². The summed E-state index contributed by atoms with van der Waals surface area (Å²) in [6.45, 7) is 10.2. The maximum absolute atomic E-state index is 2.71. The molecule has 2 fully saturated rings. The Labute approximate surface area is 107 Å². The predicted octanol–water partition coefficient (Wildman–Crippen LogP) is 3.13. The van der Waals surface area contributed by atoms with Crippen LogP contribution in [0.4, 0.5) is 0 Å². The molecule has 0 amide bonds. The first-order chi connectivity index (χ1) is 8.27. The standard InChI is InChI=1S/C15H30N2/c1-14(16-9-5-3-6-10-16)13-15(2)17-11-7-4-8-12-17/h14-15H,3-13H2,1-2H3. The molecule has 2 nitrogen and oxygen atoms in total. The van der Waals surface area contributed by atoms with E-state index in [0.717, 1.165) is 12.1 Å². The fourth-order valence-corrected chi connectivity index (χ4v) is 3.51. The van der Waals surface area contributed by atoms with E-state index in [2.05, 4.69) is 23.6 Å². The van der Waals surface area contributed by atoms with E-state index in [1.807, 2.05) is 0 Å². The number of rotatable bonds is 4. The lowest BCUT2D eigenvalue weighted by molar-refractivity contribution is 0.111. The molecule has 2 saturated heterocycles. The third-order valence-corrected chi connectivity index (χ3v) is 4.71. The van der Waals surface area contributed by atoms with Gasteiger partial charge in [-0.2, -0.15) is 0 Å². The van der Waals surface area contributed by atoms with Crippen LogP contribution >= 0.6 is 0 Å². The lowest BCUT2D eigenvalue weighted by atomic mass is 10.0. The maximum atomic E-state index is 2.71. The summed E-state index contributed by atoms with van der Waals surface area (Å²) < 4.78 is 0. The molecule has 2 rings (SSSR count). The van der Waals surface area contributed by atoms with Crippen LogP contribution < -0.4 is 0 Å². The van der Waals surface area contributed by atoms with Gasteiger partial charge in [0.2, 0.25) is 0 Å². The van der Waals surface area contributed by atoms with E-state index in [4.69, 9.17) is 0 Å². The van der Waals surface area contributed by atoms with Gasteiger partial charge in [-0.1, -0.05) is 12.8 Å². The van der Waals surface area contributed by atoms with Crippen LogP contribution in [0.25, 0.3) is 0 Å². The quantitative estimate of drug-likeness (QED) is 0.742. The van der Waals surface area contributed by atoms with Crippen molar-refractivity contribution in [3.05, 3.63) is 0 Å². The summed E-state index contributed by atoms with van der Waals surface area (Å²) in [5.41, 5.74) is 0. The molecule has 0 bridgehead atoms. The highest BCUT2D eigenvalue weighted by atomic mass is 15.2. The monoisotopic (exact) mass is 238 g/mol. The molecule has 2 atom stereocenters. The zero-order chi connectivity index (χ0) is 12.1. The summed E-state index contributed by atoms with van der Waals surface area (Å²) in [6.07, 6.45) is 9.94. The molecule has 0 aromatic carbocycles. The smallest absolute Gasteiger partial charge is 0.00817 e. The Morgan fingerprint density at radius 3 is 1.35 bits per heavy atom. The molecular formula is C15H30N2. The van der Waals surface area contributed by atoms with Gasteiger partial charge in [0.25, 0.3) is 0 Å². The minimum Gasteiger partial charge on any atom is -0.301 e. The second-order valence-corrected chi connectivity index (χ2v) is 6.13. The number of hydrogen-bond donors (Lipinski definition) is 0. The van der Waals surface area contributed by atoms with Crippen LogP contribution in [0.15, 0.2) is 0 Å². The van der Waals surface area contributed by atoms with E-state index in [1.54, 1.807) is 0 Å². The number of nitrogens with zero attached hydrogens (tertiary/aromatic N) is 2. The largest absolute Gasteiger partial charge is 0.301 e. The third-order valence-electron chi connectivity index (χ3n) is 4.71. The van der Waals surface area contributed by atoms with Crippen molar-refractivity contribution in [2.45, 2.75) is 70.9 Å². The van der Waals surface area contributed by atoms with Crippen molar-refractivity contribution in [3.63, 3.8) is 0 Å². The van der Waals surface area contributed by atoms with Gasteiger partial charge in [0.15, 0.2) is 0 Å². The van der Waals surface area contributed by atoms with Crippen LogP contribution in [-0.4, -0.2) is 48.1 Å². The Morgan fingerprint density at radius 2 is 1.00 bits per heavy atom. The van der Waals surface area contributed by atoms with E-state index in [0.29, 0.717) is 0 Å². The summed E-state index contributed by atoms with van der Waals surface area (Å²) >= 11 is 0. The average Bonchev–Trinajstić information content (AvgIpc) is 2.40. The molecule has 0 aromatic rings. The van der Waals surface area contributed by atoms with Crippen LogP contribution in [-0.2, 0) is 0 Å². The van der Waals surface area contributed by atoms with Gasteiger partial charge in [-0.25, -0.2) is 0 Å². The molecule has 2 aliphatic rings. The lowest BCUT2D eigenvalue weighted by Gasteiger charge is -2.38. The van der Waals surface area contributed by atoms with Crippen molar-refractivity contribution in [2.75, 3.05) is 26.2 Å². The molecule has 2 unspecified atom stereocenters. The highest BCUT2D eigenvalue weighted by molar-refractivity contribution is 4.78. The molecule has 2 heteroatoms. The molecule has 0 aliphatic carbocycles. The van der Waals surface area contributed by atoms with Gasteiger partial charge in [0.05, 0.1) is 0 Å². The molecule has 0 saturated carbocycles. The maximum Gasteiger partial charge on any atom is 0.00817 e. The lowest BCUT2D eigenvalue weighted by Crippen LogP contribution is -2.44. The van der Waals surface area contributed by atoms with Crippen molar-refractivity contribution < 1.29 is 0 Å². The minimum absolute atomic E-state index is 0.784. The topological polar surface area (TPSA) is 6.48 Å². The molecular weight excluding hydrogens is 208 g/mol. The zero-order valence-electron chi connectivity index (χ0n) is 11.8. The van der Waals surface area contributed by atoms with Crippen molar-refractivity contribution in [1.82, 2.24) is 9.80 Å². The summed E-state index contributed by atoms with van der Waals surface area (Å²) in [6, 6.07) is 1.57. The van der Waals surface area contributed by atoms with Crippen LogP contribution in [0.3, 0.4) is 0 Å². The molecule has 2 heterocycles. The Morgan fingerprint density at radius 1 is 0.647 bits per heavy atom. The van der Waals surface area contributed by atoms with E-state index < -0.39 is 0 Å². The second-order valence-electron chi connectivity index (χ2n) is 6.13. The van der Waals surface area contributed by atoms with Gasteiger partial charge in [0, 0.05) is 12.1 Å². The number of hydrogen-bond acceptors (Lipinski definition) is 2. The molecule has 0 radical (unpaired) electrons. The first-order valence-electron chi connectivity index (χ1n) is 7.75. The Balaban J connectivity index is 1.74. The Bertz CT molecular complexity index is 183. The van der Waals surface area contributed by atoms with Crippen LogP contribution in [0.2, 0.25) is 0 Å². The number of likely N-dealkylation sites (tertiary alicyclic amines) is 2. The average molecular weight is 238 g/mol. The van der Waals surface area contributed by atoms with Crippen LogP contribution in [0, 0.1) is 0 Å². The molecule has 0 aromatic heterocycles. The first kappa shape index (κ1) is 13.4. The van der Waals surface area contributed by atoms with Crippen LogP contribution in [0.5, 0.6) is 0 Å². The van der Waals surface area contributed by atoms with Crippen molar-refractivity contribution >= 4 is 0 Å². The number of piperidine rings is 2. The SMILES string of the molecule is CC(CC(C)N1CCCCC1)N1CCCCC1. The Kier molecular flexibility index (Phi) is 5.30. The van der Waals surface area contributed by atoms with Gasteiger partial charge in [0.1, 0.15) is 0 Å². The fourth-order valence-electron chi connectivity index (χ4n) is 3.51. The van der Waals surface area contributed by atoms with E-state index >= 15 is 0 Å². The summed E-state index contributed by atoms with van der Waals surface area (Å²) in [5, 5.41) is 0. The van der Waals surface area contributed by atoms with E-state index in [9.17, 15) is 0 Å². The summed E-state index contributed by atoms with van der Waals surface area (Å²) in [4.78, 5) is 5.42. The van der Waals surface area contributed by atoms with E-state index in [1.165, 1.54) is 71.1 Å². The van der Waals surface area contributed by atoms with Gasteiger partial charge in [-0.15, -0.1) is 0 Å². The molecule has 100 valence electrons. The molecule has 0 spiro atoms. The van der Waals surface area contributed by atoms with Crippen molar-refractivity contribution in [2.24, 2.45) is 0 Å². The normalized spacial score (nSPS) is 27.9. The molecule has 0 N–H and O–H groups in total. The van der Waals surface area contributed by atoms with Crippen LogP contribution in [0.1, 0.15) is 58.8 Å². The molecule has 2 aliphatic heterocycles. The van der Waals surface area contributed by atoms with Crippen molar-refractivity contribution in [1.29, 1.82) is 0 Å². The van der Waals surface area contributed by atoms with Gasteiger partial charge in [-0.3, -0.25) is 0 Å². The minimum atomic E-state index is 0.784. The third kappa shape index (κ3) is 3.96. The predicted molar refractivity (Wildman–Crippen MR) is 74.4 cm³/mol. The first-order valence-corrected chi connectivity index (χ1v) is 7.75. The molecule has 17 heavy (non-hydrogen) atoms. The zero-order valence-corrected chi connectivity index (χ0v) is 11.8.